The van der Waals surface area contributed by atoms with Gasteiger partial charge >= 0.3 is 6.30 Å². The second-order valence-corrected chi connectivity index (χ2v) is 3.14. The Morgan fingerprint density at radius 1 is 1.31 bits per heavy atom. The van der Waals surface area contributed by atoms with Gasteiger partial charge in [-0.2, -0.15) is 0 Å². The van der Waals surface area contributed by atoms with E-state index in [1.807, 2.05) is 0 Å². The van der Waals surface area contributed by atoms with Crippen molar-refractivity contribution in [3.8, 4) is 0 Å². The van der Waals surface area contributed by atoms with Gasteiger partial charge in [0.05, 0.1) is 4.47 Å². The zero-order valence-corrected chi connectivity index (χ0v) is 8.09. The Balaban J connectivity index is 2.90. The van der Waals surface area contributed by atoms with Gasteiger partial charge in [-0.1, -0.05) is 0 Å². The van der Waals surface area contributed by atoms with Crippen LogP contribution in [0, 0.1) is 0 Å². The lowest BCUT2D eigenvalue weighted by molar-refractivity contribution is -0.126. The highest BCUT2D eigenvalue weighted by Gasteiger charge is 2.35. The summed E-state index contributed by atoms with van der Waals surface area (Å²) in [5, 5.41) is 0. The standard InChI is InChI=1S/C6H5BrF3N3/c1-13(6(8,9)10)5-11-2-4(7)3-12-5/h2-3H,1H3. The van der Waals surface area contributed by atoms with E-state index in [-0.39, 0.29) is 10.8 Å². The van der Waals surface area contributed by atoms with Gasteiger partial charge in [0.1, 0.15) is 0 Å². The highest BCUT2D eigenvalue weighted by atomic mass is 79.9. The molecular formula is C6H5BrF3N3. The van der Waals surface area contributed by atoms with Crippen molar-refractivity contribution in [1.82, 2.24) is 9.97 Å². The predicted molar refractivity (Wildman–Crippen MR) is 44.2 cm³/mol. The molecule has 0 aliphatic rings. The number of halogens is 4. The third kappa shape index (κ3) is 2.55. The lowest BCUT2D eigenvalue weighted by atomic mass is 10.6. The van der Waals surface area contributed by atoms with Gasteiger partial charge in [0.25, 0.3) is 0 Å². The Kier molecular flexibility index (Phi) is 2.74. The molecule has 0 bridgehead atoms. The fourth-order valence-electron chi connectivity index (χ4n) is 0.592. The van der Waals surface area contributed by atoms with Gasteiger partial charge in [-0.15, -0.1) is 13.2 Å². The first-order valence-electron chi connectivity index (χ1n) is 3.19. The molecule has 0 radical (unpaired) electrons. The van der Waals surface area contributed by atoms with Crippen molar-refractivity contribution in [1.29, 1.82) is 0 Å². The van der Waals surface area contributed by atoms with Crippen LogP contribution in [0.2, 0.25) is 0 Å². The van der Waals surface area contributed by atoms with E-state index in [4.69, 9.17) is 0 Å². The van der Waals surface area contributed by atoms with Gasteiger partial charge < -0.3 is 0 Å². The Labute approximate surface area is 80.7 Å². The topological polar surface area (TPSA) is 29.0 Å². The first-order chi connectivity index (χ1) is 5.91. The second kappa shape index (κ2) is 3.49. The fraction of sp³-hybridized carbons (Fsp3) is 0.333. The number of hydrogen-bond acceptors (Lipinski definition) is 3. The molecule has 0 amide bonds. The van der Waals surface area contributed by atoms with E-state index in [1.54, 1.807) is 0 Å². The van der Waals surface area contributed by atoms with Crippen molar-refractivity contribution in [3.05, 3.63) is 16.9 Å². The maximum Gasteiger partial charge on any atom is 0.487 e. The molecule has 0 unspecified atom stereocenters. The van der Waals surface area contributed by atoms with E-state index in [0.29, 0.717) is 4.47 Å². The number of anilines is 1. The average Bonchev–Trinajstić information content (AvgIpc) is 2.03. The summed E-state index contributed by atoms with van der Waals surface area (Å²) in [6.07, 6.45) is -1.94. The Morgan fingerprint density at radius 3 is 2.15 bits per heavy atom. The molecule has 1 aromatic rings. The lowest BCUT2D eigenvalue weighted by Crippen LogP contribution is -2.35. The Bertz CT molecular complexity index is 284. The largest absolute Gasteiger partial charge is 0.487 e. The molecule has 13 heavy (non-hydrogen) atoms. The summed E-state index contributed by atoms with van der Waals surface area (Å²) in [6, 6.07) is 0. The molecule has 1 heterocycles. The zero-order chi connectivity index (χ0) is 10.1. The average molecular weight is 256 g/mol. The maximum atomic E-state index is 12.1. The lowest BCUT2D eigenvalue weighted by Gasteiger charge is -2.19. The van der Waals surface area contributed by atoms with Crippen molar-refractivity contribution < 1.29 is 13.2 Å². The van der Waals surface area contributed by atoms with Gasteiger partial charge in [-0.05, 0) is 15.9 Å². The van der Waals surface area contributed by atoms with Crippen LogP contribution in [0.5, 0.6) is 0 Å². The molecule has 1 aromatic heterocycles. The molecule has 1 rings (SSSR count). The minimum absolute atomic E-state index is 0.0411. The molecule has 0 aliphatic carbocycles. The first-order valence-corrected chi connectivity index (χ1v) is 3.98. The number of hydrogen-bond donors (Lipinski definition) is 0. The smallest absolute Gasteiger partial charge is 0.255 e. The van der Waals surface area contributed by atoms with Crippen molar-refractivity contribution in [2.75, 3.05) is 11.9 Å². The molecule has 7 heteroatoms. The van der Waals surface area contributed by atoms with Crippen molar-refractivity contribution >= 4 is 21.9 Å². The number of rotatable bonds is 1. The van der Waals surface area contributed by atoms with Gasteiger partial charge in [0, 0.05) is 19.4 Å². The summed E-state index contributed by atoms with van der Waals surface area (Å²) in [5.41, 5.74) is 0. The molecule has 0 spiro atoms. The summed E-state index contributed by atoms with van der Waals surface area (Å²) in [7, 11) is 0.864. The highest BCUT2D eigenvalue weighted by molar-refractivity contribution is 9.10. The maximum absolute atomic E-state index is 12.1. The van der Waals surface area contributed by atoms with Crippen LogP contribution in [0.3, 0.4) is 0 Å². The predicted octanol–water partition coefficient (Wildman–Crippen LogP) is 2.20. The highest BCUT2D eigenvalue weighted by Crippen LogP contribution is 2.23. The summed E-state index contributed by atoms with van der Waals surface area (Å²) in [6.45, 7) is 0. The van der Waals surface area contributed by atoms with Crippen LogP contribution < -0.4 is 4.90 Å². The minimum Gasteiger partial charge on any atom is -0.255 e. The fourth-order valence-corrected chi connectivity index (χ4v) is 0.797. The van der Waals surface area contributed by atoms with Crippen LogP contribution in [-0.4, -0.2) is 23.3 Å². The van der Waals surface area contributed by atoms with Crippen LogP contribution in [-0.2, 0) is 0 Å². The van der Waals surface area contributed by atoms with Crippen LogP contribution >= 0.6 is 15.9 Å². The van der Waals surface area contributed by atoms with E-state index in [0.717, 1.165) is 7.05 Å². The number of alkyl halides is 3. The van der Waals surface area contributed by atoms with E-state index < -0.39 is 6.30 Å². The van der Waals surface area contributed by atoms with Gasteiger partial charge in [0.15, 0.2) is 0 Å². The second-order valence-electron chi connectivity index (χ2n) is 2.23. The van der Waals surface area contributed by atoms with E-state index in [2.05, 4.69) is 25.9 Å². The van der Waals surface area contributed by atoms with E-state index >= 15 is 0 Å². The molecule has 72 valence electrons. The van der Waals surface area contributed by atoms with Crippen molar-refractivity contribution in [2.24, 2.45) is 0 Å². The minimum atomic E-state index is -4.45. The zero-order valence-electron chi connectivity index (χ0n) is 6.51. The third-order valence-electron chi connectivity index (χ3n) is 1.29. The van der Waals surface area contributed by atoms with E-state index in [9.17, 15) is 13.2 Å². The summed E-state index contributed by atoms with van der Waals surface area (Å²) < 4.78 is 36.7. The van der Waals surface area contributed by atoms with Crippen molar-refractivity contribution in [2.45, 2.75) is 6.30 Å². The number of nitrogens with zero attached hydrogens (tertiary/aromatic N) is 3. The van der Waals surface area contributed by atoms with Crippen LogP contribution in [0.25, 0.3) is 0 Å². The molecule has 0 aliphatic heterocycles. The molecule has 0 fully saturated rings. The summed E-state index contributed by atoms with van der Waals surface area (Å²) >= 11 is 3.02. The van der Waals surface area contributed by atoms with Crippen LogP contribution in [0.1, 0.15) is 0 Å². The molecule has 0 atom stereocenters. The van der Waals surface area contributed by atoms with E-state index in [1.165, 1.54) is 12.4 Å². The molecule has 0 saturated heterocycles. The molecule has 0 saturated carbocycles. The summed E-state index contributed by atoms with van der Waals surface area (Å²) in [5.74, 6) is -0.379. The van der Waals surface area contributed by atoms with Gasteiger partial charge in [-0.3, -0.25) is 4.90 Å². The summed E-state index contributed by atoms with van der Waals surface area (Å²) in [4.78, 5) is 7.03. The molecule has 0 aromatic carbocycles. The Hall–Kier alpha value is -0.850. The third-order valence-corrected chi connectivity index (χ3v) is 1.70. The monoisotopic (exact) mass is 255 g/mol. The quantitative estimate of drug-likeness (QED) is 0.721. The molecule has 3 nitrogen and oxygen atoms in total. The van der Waals surface area contributed by atoms with Crippen LogP contribution in [0.4, 0.5) is 19.1 Å². The van der Waals surface area contributed by atoms with Gasteiger partial charge in [0.2, 0.25) is 5.95 Å². The SMILES string of the molecule is CN(c1ncc(Br)cn1)C(F)(F)F. The first kappa shape index (κ1) is 10.2. The molecule has 0 N–H and O–H groups in total. The van der Waals surface area contributed by atoms with Crippen molar-refractivity contribution in [3.63, 3.8) is 0 Å². The molecular weight excluding hydrogens is 251 g/mol. The Morgan fingerprint density at radius 2 is 1.77 bits per heavy atom. The van der Waals surface area contributed by atoms with Crippen LogP contribution in [0.15, 0.2) is 16.9 Å². The number of aromatic nitrogens is 2. The van der Waals surface area contributed by atoms with Gasteiger partial charge in [-0.25, -0.2) is 9.97 Å². The normalized spacial score (nSPS) is 11.5.